The van der Waals surface area contributed by atoms with Crippen LogP contribution in [-0.4, -0.2) is 28.6 Å². The molecule has 0 amide bonds. The van der Waals surface area contributed by atoms with Crippen molar-refractivity contribution >= 4 is 5.95 Å². The quantitative estimate of drug-likeness (QED) is 0.840. The summed E-state index contributed by atoms with van der Waals surface area (Å²) in [4.78, 5) is 11.0. The largest absolute Gasteiger partial charge is 0.338 e. The standard InChI is InChI=1S/C12H20N4/c1-2-16(12-14-8-3-9-15-12)11-6-4-10(13)5-7-11/h3,8-11H,2,4-7,13H2,1H3. The van der Waals surface area contributed by atoms with Gasteiger partial charge in [0, 0.05) is 31.0 Å². The number of anilines is 1. The monoisotopic (exact) mass is 220 g/mol. The third-order valence-corrected chi connectivity index (χ3v) is 3.33. The SMILES string of the molecule is CCN(c1ncccn1)C1CCC(N)CC1. The van der Waals surface area contributed by atoms with E-state index in [1.165, 1.54) is 0 Å². The molecule has 0 spiro atoms. The minimum absolute atomic E-state index is 0.395. The van der Waals surface area contributed by atoms with Crippen LogP contribution in [0.15, 0.2) is 18.5 Å². The fourth-order valence-corrected chi connectivity index (χ4v) is 2.42. The van der Waals surface area contributed by atoms with E-state index in [9.17, 15) is 0 Å². The van der Waals surface area contributed by atoms with Crippen LogP contribution in [0.3, 0.4) is 0 Å². The molecule has 0 bridgehead atoms. The van der Waals surface area contributed by atoms with E-state index in [4.69, 9.17) is 5.73 Å². The minimum Gasteiger partial charge on any atom is -0.338 e. The summed E-state index contributed by atoms with van der Waals surface area (Å²) in [6.07, 6.45) is 8.17. The van der Waals surface area contributed by atoms with E-state index >= 15 is 0 Å². The van der Waals surface area contributed by atoms with E-state index in [1.807, 2.05) is 6.07 Å². The van der Waals surface area contributed by atoms with Crippen molar-refractivity contribution in [1.82, 2.24) is 9.97 Å². The van der Waals surface area contributed by atoms with Crippen molar-refractivity contribution in [3.05, 3.63) is 18.5 Å². The van der Waals surface area contributed by atoms with E-state index in [1.54, 1.807) is 12.4 Å². The molecule has 0 saturated heterocycles. The topological polar surface area (TPSA) is 55.0 Å². The van der Waals surface area contributed by atoms with Gasteiger partial charge in [0.25, 0.3) is 0 Å². The molecule has 2 rings (SSSR count). The Hall–Kier alpha value is -1.16. The van der Waals surface area contributed by atoms with Gasteiger partial charge in [-0.2, -0.15) is 0 Å². The van der Waals surface area contributed by atoms with Crippen molar-refractivity contribution in [2.75, 3.05) is 11.4 Å². The molecule has 0 aliphatic heterocycles. The average molecular weight is 220 g/mol. The summed E-state index contributed by atoms with van der Waals surface area (Å²) in [5.74, 6) is 0.852. The zero-order chi connectivity index (χ0) is 11.4. The summed E-state index contributed by atoms with van der Waals surface area (Å²) in [7, 11) is 0. The van der Waals surface area contributed by atoms with Crippen molar-refractivity contribution in [2.24, 2.45) is 5.73 Å². The molecule has 4 nitrogen and oxygen atoms in total. The van der Waals surface area contributed by atoms with Gasteiger partial charge in [-0.05, 0) is 38.7 Å². The summed E-state index contributed by atoms with van der Waals surface area (Å²) in [6, 6.07) is 2.81. The zero-order valence-corrected chi connectivity index (χ0v) is 9.84. The normalized spacial score (nSPS) is 25.4. The Morgan fingerprint density at radius 1 is 1.25 bits per heavy atom. The molecule has 1 aromatic heterocycles. The van der Waals surface area contributed by atoms with E-state index in [0.29, 0.717) is 12.1 Å². The number of hydrogen-bond acceptors (Lipinski definition) is 4. The van der Waals surface area contributed by atoms with Crippen LogP contribution < -0.4 is 10.6 Å². The summed E-state index contributed by atoms with van der Waals surface area (Å²) >= 11 is 0. The predicted molar refractivity (Wildman–Crippen MR) is 65.3 cm³/mol. The maximum absolute atomic E-state index is 5.93. The Kier molecular flexibility index (Phi) is 3.72. The molecule has 0 atom stereocenters. The molecule has 88 valence electrons. The number of nitrogens with two attached hydrogens (primary N) is 1. The number of nitrogens with zero attached hydrogens (tertiary/aromatic N) is 3. The molecule has 0 radical (unpaired) electrons. The molecule has 1 aliphatic carbocycles. The number of hydrogen-bond donors (Lipinski definition) is 1. The number of rotatable bonds is 3. The van der Waals surface area contributed by atoms with Gasteiger partial charge >= 0.3 is 0 Å². The van der Waals surface area contributed by atoms with E-state index in [0.717, 1.165) is 38.2 Å². The van der Waals surface area contributed by atoms with Gasteiger partial charge in [-0.1, -0.05) is 0 Å². The lowest BCUT2D eigenvalue weighted by molar-refractivity contribution is 0.375. The Bertz CT molecular complexity index is 306. The molecular formula is C12H20N4. The van der Waals surface area contributed by atoms with Crippen LogP contribution in [0.1, 0.15) is 32.6 Å². The smallest absolute Gasteiger partial charge is 0.225 e. The highest BCUT2D eigenvalue weighted by Gasteiger charge is 2.24. The average Bonchev–Trinajstić information content (AvgIpc) is 2.34. The lowest BCUT2D eigenvalue weighted by Crippen LogP contribution is -2.41. The van der Waals surface area contributed by atoms with Gasteiger partial charge in [0.15, 0.2) is 0 Å². The highest BCUT2D eigenvalue weighted by molar-refractivity contribution is 5.30. The Morgan fingerprint density at radius 3 is 2.44 bits per heavy atom. The third-order valence-electron chi connectivity index (χ3n) is 3.33. The van der Waals surface area contributed by atoms with Crippen molar-refractivity contribution in [3.63, 3.8) is 0 Å². The molecule has 0 unspecified atom stereocenters. The van der Waals surface area contributed by atoms with E-state index < -0.39 is 0 Å². The molecule has 4 heteroatoms. The third kappa shape index (κ3) is 2.50. The van der Waals surface area contributed by atoms with Crippen molar-refractivity contribution in [1.29, 1.82) is 0 Å². The Balaban J connectivity index is 2.05. The van der Waals surface area contributed by atoms with Gasteiger partial charge in [-0.25, -0.2) is 9.97 Å². The van der Waals surface area contributed by atoms with Crippen LogP contribution in [-0.2, 0) is 0 Å². The fraction of sp³-hybridized carbons (Fsp3) is 0.667. The lowest BCUT2D eigenvalue weighted by Gasteiger charge is -2.35. The van der Waals surface area contributed by atoms with Gasteiger partial charge in [-0.3, -0.25) is 0 Å². The van der Waals surface area contributed by atoms with Gasteiger partial charge in [0.05, 0.1) is 0 Å². The van der Waals surface area contributed by atoms with Crippen LogP contribution in [0, 0.1) is 0 Å². The molecule has 1 aromatic rings. The summed E-state index contributed by atoms with van der Waals surface area (Å²) < 4.78 is 0. The molecule has 1 saturated carbocycles. The maximum Gasteiger partial charge on any atom is 0.225 e. The second-order valence-corrected chi connectivity index (χ2v) is 4.40. The van der Waals surface area contributed by atoms with Crippen LogP contribution in [0.25, 0.3) is 0 Å². The summed E-state index contributed by atoms with van der Waals surface area (Å²) in [5.41, 5.74) is 5.93. The molecule has 0 aromatic carbocycles. The Labute approximate surface area is 96.9 Å². The second-order valence-electron chi connectivity index (χ2n) is 4.40. The van der Waals surface area contributed by atoms with E-state index in [2.05, 4.69) is 21.8 Å². The summed E-state index contributed by atoms with van der Waals surface area (Å²) in [6.45, 7) is 3.12. The van der Waals surface area contributed by atoms with Crippen LogP contribution >= 0.6 is 0 Å². The highest BCUT2D eigenvalue weighted by Crippen LogP contribution is 2.24. The van der Waals surface area contributed by atoms with Crippen molar-refractivity contribution in [2.45, 2.75) is 44.7 Å². The number of aromatic nitrogens is 2. The van der Waals surface area contributed by atoms with Crippen molar-refractivity contribution in [3.8, 4) is 0 Å². The molecule has 16 heavy (non-hydrogen) atoms. The molecule has 1 heterocycles. The first-order valence-electron chi connectivity index (χ1n) is 6.10. The Morgan fingerprint density at radius 2 is 1.88 bits per heavy atom. The van der Waals surface area contributed by atoms with Crippen molar-refractivity contribution < 1.29 is 0 Å². The first-order chi connectivity index (χ1) is 7.81. The summed E-state index contributed by atoms with van der Waals surface area (Å²) in [5, 5.41) is 0. The van der Waals surface area contributed by atoms with Gasteiger partial charge in [0.1, 0.15) is 0 Å². The highest BCUT2D eigenvalue weighted by atomic mass is 15.3. The van der Waals surface area contributed by atoms with Crippen LogP contribution in [0.4, 0.5) is 5.95 Å². The van der Waals surface area contributed by atoms with Crippen LogP contribution in [0.2, 0.25) is 0 Å². The molecule has 2 N–H and O–H groups in total. The fourth-order valence-electron chi connectivity index (χ4n) is 2.42. The predicted octanol–water partition coefficient (Wildman–Crippen LogP) is 1.57. The first-order valence-corrected chi connectivity index (χ1v) is 6.10. The lowest BCUT2D eigenvalue weighted by atomic mass is 9.91. The molecule has 1 fully saturated rings. The minimum atomic E-state index is 0.395. The van der Waals surface area contributed by atoms with E-state index in [-0.39, 0.29) is 0 Å². The van der Waals surface area contributed by atoms with Gasteiger partial charge in [0.2, 0.25) is 5.95 Å². The zero-order valence-electron chi connectivity index (χ0n) is 9.84. The van der Waals surface area contributed by atoms with Crippen LogP contribution in [0.5, 0.6) is 0 Å². The molecule has 1 aliphatic rings. The first kappa shape index (κ1) is 11.3. The van der Waals surface area contributed by atoms with Gasteiger partial charge in [-0.15, -0.1) is 0 Å². The maximum atomic E-state index is 5.93. The molecular weight excluding hydrogens is 200 g/mol. The van der Waals surface area contributed by atoms with Gasteiger partial charge < -0.3 is 10.6 Å². The second kappa shape index (κ2) is 5.25.